The largest absolute Gasteiger partial charge is 0.480 e. The highest BCUT2D eigenvalue weighted by Gasteiger charge is 2.27. The number of benzene rings is 2. The summed E-state index contributed by atoms with van der Waals surface area (Å²) in [5, 5.41) is 16.0. The van der Waals surface area contributed by atoms with Gasteiger partial charge in [-0.3, -0.25) is 0 Å². The van der Waals surface area contributed by atoms with Crippen molar-refractivity contribution in [3.63, 3.8) is 0 Å². The van der Waals surface area contributed by atoms with Gasteiger partial charge < -0.3 is 30.3 Å². The number of carbonyl (C=O) groups excluding carboxylic acids is 1. The van der Waals surface area contributed by atoms with Crippen LogP contribution < -0.4 is 19.7 Å². The normalized spacial score (nSPS) is 15.7. The van der Waals surface area contributed by atoms with Gasteiger partial charge >= 0.3 is 12.1 Å². The van der Waals surface area contributed by atoms with Gasteiger partial charge in [0.05, 0.1) is 4.90 Å². The average Bonchev–Trinajstić information content (AvgIpc) is 3.41. The molecule has 0 spiro atoms. The van der Waals surface area contributed by atoms with Crippen molar-refractivity contribution in [3.05, 3.63) is 59.7 Å². The molecule has 1 saturated heterocycles. The van der Waals surface area contributed by atoms with Crippen LogP contribution in [0.25, 0.3) is 0 Å². The Morgan fingerprint density at radius 1 is 1.04 bits per heavy atom. The fourth-order valence-electron chi connectivity index (χ4n) is 4.80. The van der Waals surface area contributed by atoms with Crippen LogP contribution >= 0.6 is 0 Å². The van der Waals surface area contributed by atoms with Gasteiger partial charge in [0.25, 0.3) is 10.0 Å². The lowest BCUT2D eigenvalue weighted by Crippen LogP contribution is -2.34. The van der Waals surface area contributed by atoms with Gasteiger partial charge in [0, 0.05) is 40.2 Å². The first-order chi connectivity index (χ1) is 21.3. The van der Waals surface area contributed by atoms with Crippen molar-refractivity contribution in [2.45, 2.75) is 49.6 Å². The molecule has 2 heterocycles. The number of sulfonamides is 1. The number of aryl methyl sites for hydroxylation is 1. The van der Waals surface area contributed by atoms with E-state index in [0.29, 0.717) is 23.9 Å². The number of carboxylic acids is 1. The molecule has 0 bridgehead atoms. The Morgan fingerprint density at radius 2 is 1.71 bits per heavy atom. The standard InChI is InChI=1S/C30H40N8O6S/c1-20-8-14-24(15-9-20)45(42,43)38(5)29-34-27(31-17-16-22-7-6-18-37(22)4)33-28(35-29)32-25(26(39)40)19-21-10-12-23(13-11-21)44-30(41)36(2)3/h8-15,22,25H,6-7,16-19H2,1-5H3,(H,39,40)(H2,31,32,33,34,35)/t22?,25-/m0/s1. The van der Waals surface area contributed by atoms with E-state index in [-0.39, 0.29) is 29.2 Å². The van der Waals surface area contributed by atoms with Crippen LogP contribution in [-0.2, 0) is 21.2 Å². The monoisotopic (exact) mass is 640 g/mol. The topological polar surface area (TPSA) is 170 Å². The molecular formula is C30H40N8O6S. The molecule has 14 nitrogen and oxygen atoms in total. The third-order valence-electron chi connectivity index (χ3n) is 7.55. The van der Waals surface area contributed by atoms with Gasteiger partial charge in [-0.25, -0.2) is 22.3 Å². The molecule has 1 aliphatic heterocycles. The number of hydrogen-bond acceptors (Lipinski definition) is 11. The van der Waals surface area contributed by atoms with Crippen LogP contribution in [0.1, 0.15) is 30.4 Å². The van der Waals surface area contributed by atoms with Gasteiger partial charge in [0.1, 0.15) is 11.8 Å². The molecule has 2 aromatic carbocycles. The number of hydrogen-bond donors (Lipinski definition) is 3. The SMILES string of the molecule is Cc1ccc(S(=O)(=O)N(C)c2nc(NCCC3CCCN3C)nc(N[C@@H](Cc3ccc(OC(=O)N(C)C)cc3)C(=O)O)n2)cc1. The molecule has 1 amide bonds. The zero-order valence-corrected chi connectivity index (χ0v) is 26.9. The number of nitrogens with one attached hydrogen (secondary N) is 2. The third-order valence-corrected chi connectivity index (χ3v) is 9.30. The number of aliphatic carboxylic acids is 1. The number of carbonyl (C=O) groups is 2. The van der Waals surface area contributed by atoms with E-state index in [4.69, 9.17) is 4.74 Å². The summed E-state index contributed by atoms with van der Waals surface area (Å²) in [5.74, 6) is -1.01. The summed E-state index contributed by atoms with van der Waals surface area (Å²) >= 11 is 0. The number of rotatable bonds is 13. The molecule has 4 rings (SSSR count). The smallest absolute Gasteiger partial charge is 0.414 e. The second-order valence-electron chi connectivity index (χ2n) is 11.2. The summed E-state index contributed by atoms with van der Waals surface area (Å²) < 4.78 is 33.1. The summed E-state index contributed by atoms with van der Waals surface area (Å²) in [6.07, 6.45) is 2.55. The minimum absolute atomic E-state index is 0.0343. The lowest BCUT2D eigenvalue weighted by atomic mass is 10.1. The van der Waals surface area contributed by atoms with Crippen LogP contribution in [0.4, 0.5) is 22.6 Å². The maximum atomic E-state index is 13.4. The molecular weight excluding hydrogens is 600 g/mol. The van der Waals surface area contributed by atoms with Crippen LogP contribution in [0, 0.1) is 6.92 Å². The van der Waals surface area contributed by atoms with Gasteiger partial charge in [-0.05, 0) is 69.6 Å². The van der Waals surface area contributed by atoms with E-state index in [1.54, 1.807) is 50.5 Å². The Kier molecular flexibility index (Phi) is 10.8. The average molecular weight is 641 g/mol. The van der Waals surface area contributed by atoms with Crippen molar-refractivity contribution in [1.29, 1.82) is 0 Å². The number of carboxylic acid groups (broad SMARTS) is 1. The Balaban J connectivity index is 1.57. The van der Waals surface area contributed by atoms with Crippen LogP contribution in [0.3, 0.4) is 0 Å². The molecule has 1 aliphatic rings. The summed E-state index contributed by atoms with van der Waals surface area (Å²) in [4.78, 5) is 40.8. The molecule has 0 radical (unpaired) electrons. The number of aromatic nitrogens is 3. The van der Waals surface area contributed by atoms with Gasteiger partial charge in [-0.15, -0.1) is 0 Å². The Hall–Kier alpha value is -4.50. The van der Waals surface area contributed by atoms with E-state index in [0.717, 1.165) is 35.7 Å². The van der Waals surface area contributed by atoms with E-state index in [1.807, 2.05) is 6.92 Å². The Labute approximate surface area is 263 Å². The molecule has 3 aromatic rings. The lowest BCUT2D eigenvalue weighted by Gasteiger charge is -2.21. The van der Waals surface area contributed by atoms with E-state index < -0.39 is 28.1 Å². The molecule has 242 valence electrons. The highest BCUT2D eigenvalue weighted by Crippen LogP contribution is 2.23. The highest BCUT2D eigenvalue weighted by atomic mass is 32.2. The second kappa shape index (κ2) is 14.5. The van der Waals surface area contributed by atoms with E-state index >= 15 is 0 Å². The van der Waals surface area contributed by atoms with Crippen molar-refractivity contribution >= 4 is 39.9 Å². The van der Waals surface area contributed by atoms with Crippen molar-refractivity contribution in [2.75, 3.05) is 56.2 Å². The van der Waals surface area contributed by atoms with Crippen molar-refractivity contribution in [3.8, 4) is 5.75 Å². The summed E-state index contributed by atoms with van der Waals surface area (Å²) in [6.45, 7) is 3.43. The lowest BCUT2D eigenvalue weighted by molar-refractivity contribution is -0.137. The van der Waals surface area contributed by atoms with Gasteiger partial charge in [-0.1, -0.05) is 29.8 Å². The number of amides is 1. The molecule has 1 fully saturated rings. The fraction of sp³-hybridized carbons (Fsp3) is 0.433. The summed E-state index contributed by atoms with van der Waals surface area (Å²) in [5.41, 5.74) is 1.55. The third kappa shape index (κ3) is 8.79. The van der Waals surface area contributed by atoms with Crippen LogP contribution in [0.2, 0.25) is 0 Å². The van der Waals surface area contributed by atoms with E-state index in [9.17, 15) is 23.1 Å². The maximum absolute atomic E-state index is 13.4. The summed E-state index contributed by atoms with van der Waals surface area (Å²) in [7, 11) is 2.52. The van der Waals surface area contributed by atoms with Crippen molar-refractivity contribution < 1.29 is 27.9 Å². The minimum Gasteiger partial charge on any atom is -0.480 e. The number of likely N-dealkylation sites (tertiary alicyclic amines) is 1. The van der Waals surface area contributed by atoms with Gasteiger partial charge in [0.15, 0.2) is 0 Å². The molecule has 1 aromatic heterocycles. The molecule has 15 heteroatoms. The predicted molar refractivity (Wildman–Crippen MR) is 170 cm³/mol. The van der Waals surface area contributed by atoms with Crippen LogP contribution in [0.15, 0.2) is 53.4 Å². The van der Waals surface area contributed by atoms with Gasteiger partial charge in [-0.2, -0.15) is 15.0 Å². The fourth-order valence-corrected chi connectivity index (χ4v) is 5.89. The summed E-state index contributed by atoms with van der Waals surface area (Å²) in [6, 6.07) is 12.1. The van der Waals surface area contributed by atoms with Gasteiger partial charge in [0.2, 0.25) is 17.8 Å². The van der Waals surface area contributed by atoms with Crippen molar-refractivity contribution in [1.82, 2.24) is 24.8 Å². The van der Waals surface area contributed by atoms with Crippen LogP contribution in [0.5, 0.6) is 5.75 Å². The van der Waals surface area contributed by atoms with Crippen molar-refractivity contribution in [2.24, 2.45) is 0 Å². The molecule has 1 unspecified atom stereocenters. The zero-order valence-electron chi connectivity index (χ0n) is 26.1. The number of nitrogens with zero attached hydrogens (tertiary/aromatic N) is 6. The number of ether oxygens (including phenoxy) is 1. The first-order valence-corrected chi connectivity index (χ1v) is 16.0. The first-order valence-electron chi connectivity index (χ1n) is 14.6. The van der Waals surface area contributed by atoms with Crippen LogP contribution in [-0.4, -0.2) is 104 Å². The Bertz CT molecular complexity index is 1580. The maximum Gasteiger partial charge on any atom is 0.414 e. The highest BCUT2D eigenvalue weighted by molar-refractivity contribution is 7.92. The molecule has 3 N–H and O–H groups in total. The minimum atomic E-state index is -4.03. The zero-order chi connectivity index (χ0) is 32.7. The molecule has 0 aliphatic carbocycles. The second-order valence-corrected chi connectivity index (χ2v) is 13.2. The van der Waals surface area contributed by atoms with E-state index in [1.165, 1.54) is 24.1 Å². The Morgan fingerprint density at radius 3 is 2.31 bits per heavy atom. The molecule has 2 atom stereocenters. The van der Waals surface area contributed by atoms with E-state index in [2.05, 4.69) is 37.5 Å². The quantitative estimate of drug-likeness (QED) is 0.250. The predicted octanol–water partition coefficient (Wildman–Crippen LogP) is 3.07. The number of anilines is 3. The first kappa shape index (κ1) is 33.4. The molecule has 0 saturated carbocycles. The molecule has 45 heavy (non-hydrogen) atoms.